The van der Waals surface area contributed by atoms with Crippen molar-refractivity contribution in [2.45, 2.75) is 6.92 Å². The summed E-state index contributed by atoms with van der Waals surface area (Å²) in [5.74, 6) is 0. The van der Waals surface area contributed by atoms with Crippen molar-refractivity contribution in [3.8, 4) is 0 Å². The summed E-state index contributed by atoms with van der Waals surface area (Å²) in [7, 11) is 0. The van der Waals surface area contributed by atoms with Crippen molar-refractivity contribution < 1.29 is 13.5 Å². The summed E-state index contributed by atoms with van der Waals surface area (Å²) in [4.78, 5) is 0. The van der Waals surface area contributed by atoms with Crippen LogP contribution in [0.3, 0.4) is 0 Å². The summed E-state index contributed by atoms with van der Waals surface area (Å²) in [6, 6.07) is 0. The zero-order valence-electron chi connectivity index (χ0n) is 7.10. The van der Waals surface area contributed by atoms with E-state index in [2.05, 4.69) is 0 Å². The van der Waals surface area contributed by atoms with Gasteiger partial charge in [-0.25, -0.2) is 9.22 Å². The van der Waals surface area contributed by atoms with Gasteiger partial charge in [-0.2, -0.15) is 0 Å². The van der Waals surface area contributed by atoms with Crippen molar-refractivity contribution in [2.24, 2.45) is 0 Å². The Morgan fingerprint density at radius 3 is 2.58 bits per heavy atom. The van der Waals surface area contributed by atoms with Crippen LogP contribution in [-0.4, -0.2) is 51.0 Å². The van der Waals surface area contributed by atoms with Gasteiger partial charge in [-0.15, -0.1) is 4.41 Å². The van der Waals surface area contributed by atoms with E-state index in [1.807, 2.05) is 11.9 Å². The van der Waals surface area contributed by atoms with Gasteiger partial charge in [0, 0.05) is 19.6 Å². The SMILES string of the molecule is CCN(N1CCOCC1)S(=O)O. The highest BCUT2D eigenvalue weighted by molar-refractivity contribution is 7.76. The quantitative estimate of drug-likeness (QED) is 0.626. The molecule has 12 heavy (non-hydrogen) atoms. The van der Waals surface area contributed by atoms with E-state index in [0.717, 1.165) is 0 Å². The maximum Gasteiger partial charge on any atom is 0.248 e. The van der Waals surface area contributed by atoms with Gasteiger partial charge in [0.05, 0.1) is 13.2 Å². The third-order valence-corrected chi connectivity index (χ3v) is 2.60. The molecule has 0 spiro atoms. The van der Waals surface area contributed by atoms with E-state index in [1.54, 1.807) is 0 Å². The maximum absolute atomic E-state index is 10.8. The fourth-order valence-electron chi connectivity index (χ4n) is 1.19. The van der Waals surface area contributed by atoms with Gasteiger partial charge in [-0.1, -0.05) is 0 Å². The van der Waals surface area contributed by atoms with E-state index < -0.39 is 11.3 Å². The zero-order valence-corrected chi connectivity index (χ0v) is 7.92. The van der Waals surface area contributed by atoms with Crippen LogP contribution in [0.5, 0.6) is 0 Å². The molecular formula is C6H14N2O3S. The molecule has 1 rings (SSSR count). The van der Waals surface area contributed by atoms with E-state index in [1.165, 1.54) is 4.41 Å². The summed E-state index contributed by atoms with van der Waals surface area (Å²) in [5, 5.41) is 1.85. The first-order valence-electron chi connectivity index (χ1n) is 3.96. The van der Waals surface area contributed by atoms with Gasteiger partial charge in [0.1, 0.15) is 0 Å². The first-order valence-corrected chi connectivity index (χ1v) is 5.03. The first-order chi connectivity index (χ1) is 5.75. The second-order valence-corrected chi connectivity index (χ2v) is 3.35. The van der Waals surface area contributed by atoms with E-state index in [4.69, 9.17) is 9.29 Å². The van der Waals surface area contributed by atoms with Crippen LogP contribution in [0, 0.1) is 0 Å². The molecule has 1 heterocycles. The van der Waals surface area contributed by atoms with Crippen LogP contribution in [0.15, 0.2) is 0 Å². The fourth-order valence-corrected chi connectivity index (χ4v) is 1.77. The van der Waals surface area contributed by atoms with Crippen molar-refractivity contribution in [1.29, 1.82) is 0 Å². The number of morpholine rings is 1. The van der Waals surface area contributed by atoms with Crippen LogP contribution >= 0.6 is 0 Å². The summed E-state index contributed by atoms with van der Waals surface area (Å²) in [5.41, 5.74) is 0. The highest BCUT2D eigenvalue weighted by Crippen LogP contribution is 2.03. The lowest BCUT2D eigenvalue weighted by molar-refractivity contribution is -0.0403. The average molecular weight is 194 g/mol. The molecule has 6 heteroatoms. The van der Waals surface area contributed by atoms with Crippen molar-refractivity contribution in [3.63, 3.8) is 0 Å². The largest absolute Gasteiger partial charge is 0.379 e. The average Bonchev–Trinajstić information content (AvgIpc) is 2.07. The molecule has 0 aliphatic carbocycles. The fraction of sp³-hybridized carbons (Fsp3) is 1.00. The molecule has 1 saturated heterocycles. The standard InChI is InChI=1S/C6H14N2O3S/c1-2-8(12(9)10)7-3-5-11-6-4-7/h2-6H2,1H3,(H,9,10). The first kappa shape index (κ1) is 10.1. The third-order valence-electron chi connectivity index (χ3n) is 1.75. The van der Waals surface area contributed by atoms with E-state index in [9.17, 15) is 4.21 Å². The second kappa shape index (κ2) is 4.88. The molecule has 0 amide bonds. The van der Waals surface area contributed by atoms with Crippen molar-refractivity contribution in [2.75, 3.05) is 32.8 Å². The van der Waals surface area contributed by atoms with Gasteiger partial charge in [-0.3, -0.25) is 4.55 Å². The number of ether oxygens (including phenoxy) is 1. The third kappa shape index (κ3) is 2.49. The van der Waals surface area contributed by atoms with Crippen LogP contribution < -0.4 is 0 Å². The zero-order chi connectivity index (χ0) is 8.97. The topological polar surface area (TPSA) is 53.0 Å². The number of rotatable bonds is 3. The second-order valence-electron chi connectivity index (χ2n) is 2.47. The van der Waals surface area contributed by atoms with Gasteiger partial charge in [0.15, 0.2) is 0 Å². The minimum absolute atomic E-state index is 0.545. The van der Waals surface area contributed by atoms with Crippen molar-refractivity contribution in [3.05, 3.63) is 0 Å². The highest BCUT2D eigenvalue weighted by atomic mass is 32.2. The molecule has 1 aliphatic heterocycles. The lowest BCUT2D eigenvalue weighted by atomic mass is 10.5. The Hall–Kier alpha value is -0.0100. The molecule has 0 aromatic rings. The van der Waals surface area contributed by atoms with Crippen LogP contribution in [0.4, 0.5) is 0 Å². The molecule has 72 valence electrons. The summed E-state index contributed by atoms with van der Waals surface area (Å²) in [6.07, 6.45) is 0. The Morgan fingerprint density at radius 2 is 2.17 bits per heavy atom. The molecule has 5 nitrogen and oxygen atoms in total. The van der Waals surface area contributed by atoms with Gasteiger partial charge in [-0.05, 0) is 6.92 Å². The smallest absolute Gasteiger partial charge is 0.248 e. The molecule has 1 aliphatic rings. The van der Waals surface area contributed by atoms with Gasteiger partial charge >= 0.3 is 0 Å². The molecule has 1 N–H and O–H groups in total. The van der Waals surface area contributed by atoms with Gasteiger partial charge in [0.25, 0.3) is 0 Å². The minimum atomic E-state index is -1.90. The van der Waals surface area contributed by atoms with Gasteiger partial charge in [0.2, 0.25) is 11.3 Å². The lowest BCUT2D eigenvalue weighted by Gasteiger charge is -2.33. The normalized spacial score (nSPS) is 22.9. The van der Waals surface area contributed by atoms with Gasteiger partial charge < -0.3 is 4.74 Å². The Balaban J connectivity index is 2.46. The molecule has 0 radical (unpaired) electrons. The summed E-state index contributed by atoms with van der Waals surface area (Å²) < 4.78 is 26.2. The number of hydrazine groups is 1. The van der Waals surface area contributed by atoms with E-state index >= 15 is 0 Å². The molecule has 1 unspecified atom stereocenters. The molecular weight excluding hydrogens is 180 g/mol. The Kier molecular flexibility index (Phi) is 4.10. The van der Waals surface area contributed by atoms with Crippen LogP contribution in [0.2, 0.25) is 0 Å². The Morgan fingerprint density at radius 1 is 1.58 bits per heavy atom. The molecule has 0 saturated carbocycles. The van der Waals surface area contributed by atoms with Crippen LogP contribution in [0.25, 0.3) is 0 Å². The molecule has 0 aromatic heterocycles. The molecule has 0 aromatic carbocycles. The lowest BCUT2D eigenvalue weighted by Crippen LogP contribution is -2.49. The van der Waals surface area contributed by atoms with Crippen molar-refractivity contribution in [1.82, 2.24) is 9.42 Å². The monoisotopic (exact) mass is 194 g/mol. The highest BCUT2D eigenvalue weighted by Gasteiger charge is 2.20. The molecule has 1 atom stereocenters. The maximum atomic E-state index is 10.8. The Labute approximate surface area is 74.7 Å². The number of hydrogen-bond donors (Lipinski definition) is 1. The summed E-state index contributed by atoms with van der Waals surface area (Å²) in [6.45, 7) is 5.05. The summed E-state index contributed by atoms with van der Waals surface area (Å²) >= 11 is -1.90. The Bertz CT molecular complexity index is 161. The predicted molar refractivity (Wildman–Crippen MR) is 45.5 cm³/mol. The molecule has 1 fully saturated rings. The minimum Gasteiger partial charge on any atom is -0.379 e. The van der Waals surface area contributed by atoms with Crippen molar-refractivity contribution >= 4 is 11.3 Å². The van der Waals surface area contributed by atoms with E-state index in [0.29, 0.717) is 32.8 Å². The number of nitrogens with zero attached hydrogens (tertiary/aromatic N) is 2. The van der Waals surface area contributed by atoms with Crippen LogP contribution in [0.1, 0.15) is 6.92 Å². The van der Waals surface area contributed by atoms with Crippen LogP contribution in [-0.2, 0) is 16.0 Å². The molecule has 0 bridgehead atoms. The number of hydrogen-bond acceptors (Lipinski definition) is 3. The predicted octanol–water partition coefficient (Wildman–Crippen LogP) is -0.308. The van der Waals surface area contributed by atoms with E-state index in [-0.39, 0.29) is 0 Å².